The minimum Gasteiger partial charge on any atom is -0.354 e. The van der Waals surface area contributed by atoms with E-state index in [1.54, 1.807) is 0 Å². The minimum atomic E-state index is 1.09. The van der Waals surface area contributed by atoms with E-state index in [-0.39, 0.29) is 0 Å². The summed E-state index contributed by atoms with van der Waals surface area (Å²) >= 11 is 1.86. The van der Waals surface area contributed by atoms with Crippen molar-refractivity contribution in [1.82, 2.24) is 0 Å². The average Bonchev–Trinajstić information content (AvgIpc) is 3.32. The van der Waals surface area contributed by atoms with E-state index < -0.39 is 0 Å². The third-order valence-corrected chi connectivity index (χ3v) is 8.07. The van der Waals surface area contributed by atoms with Crippen molar-refractivity contribution < 1.29 is 0 Å². The molecule has 170 valence electrons. The zero-order valence-electron chi connectivity index (χ0n) is 19.6. The second-order valence-corrected chi connectivity index (χ2v) is 10.1. The number of nitrogens with one attached hydrogen (secondary N) is 1. The Bertz CT molecular complexity index is 1850. The molecule has 2 heteroatoms. The fourth-order valence-electron chi connectivity index (χ4n) is 5.13. The number of rotatable bonds is 4. The van der Waals surface area contributed by atoms with E-state index in [1.165, 1.54) is 58.9 Å². The highest BCUT2D eigenvalue weighted by molar-refractivity contribution is 7.26. The highest BCUT2D eigenvalue weighted by Crippen LogP contribution is 2.43. The lowest BCUT2D eigenvalue weighted by atomic mass is 9.94. The predicted octanol–water partition coefficient (Wildman–Crippen LogP) is 10.3. The molecular formula is C34H23NS. The predicted molar refractivity (Wildman–Crippen MR) is 157 cm³/mol. The van der Waals surface area contributed by atoms with Crippen molar-refractivity contribution in [3.05, 3.63) is 133 Å². The van der Waals surface area contributed by atoms with Gasteiger partial charge in [-0.25, -0.2) is 0 Å². The molecular weight excluding hydrogens is 454 g/mol. The molecule has 0 fully saturated rings. The van der Waals surface area contributed by atoms with Crippen molar-refractivity contribution in [2.45, 2.75) is 0 Å². The van der Waals surface area contributed by atoms with Crippen LogP contribution in [0.5, 0.6) is 0 Å². The molecule has 1 heterocycles. The number of benzene rings is 6. The van der Waals surface area contributed by atoms with Gasteiger partial charge in [0.25, 0.3) is 0 Å². The third kappa shape index (κ3) is 3.55. The Kier molecular flexibility index (Phi) is 5.04. The molecule has 0 radical (unpaired) electrons. The highest BCUT2D eigenvalue weighted by Gasteiger charge is 2.14. The maximum absolute atomic E-state index is 3.79. The summed E-state index contributed by atoms with van der Waals surface area (Å²) in [6.07, 6.45) is 0. The smallest absolute Gasteiger partial charge is 0.0645 e. The molecule has 0 spiro atoms. The van der Waals surface area contributed by atoms with Crippen LogP contribution in [0.15, 0.2) is 133 Å². The van der Waals surface area contributed by atoms with Crippen molar-refractivity contribution in [2.75, 3.05) is 5.32 Å². The van der Waals surface area contributed by atoms with Gasteiger partial charge in [-0.1, -0.05) is 109 Å². The lowest BCUT2D eigenvalue weighted by Gasteiger charge is -2.14. The first kappa shape index (κ1) is 20.9. The summed E-state index contributed by atoms with van der Waals surface area (Å²) < 4.78 is 2.62. The van der Waals surface area contributed by atoms with E-state index in [0.29, 0.717) is 0 Å². The number of anilines is 2. The number of hydrogen-bond donors (Lipinski definition) is 1. The third-order valence-electron chi connectivity index (χ3n) is 6.87. The Morgan fingerprint density at radius 1 is 0.472 bits per heavy atom. The van der Waals surface area contributed by atoms with E-state index in [9.17, 15) is 0 Å². The van der Waals surface area contributed by atoms with E-state index in [4.69, 9.17) is 0 Å². The van der Waals surface area contributed by atoms with Crippen molar-refractivity contribution in [3.8, 4) is 22.3 Å². The standard InChI is InChI=1S/C34H23NS/c1-2-10-23(11-3-1)27-13-6-7-14-28(27)24-18-20-26(21-19-24)35-33-29-15-5-4-12-25(29)22-31-30-16-8-9-17-32(30)36-34(31)33/h1-22,35H. The van der Waals surface area contributed by atoms with Gasteiger partial charge in [0.2, 0.25) is 0 Å². The molecule has 1 N–H and O–H groups in total. The zero-order valence-corrected chi connectivity index (χ0v) is 20.4. The van der Waals surface area contributed by atoms with Gasteiger partial charge >= 0.3 is 0 Å². The normalized spacial score (nSPS) is 11.3. The fourth-order valence-corrected chi connectivity index (χ4v) is 6.32. The second kappa shape index (κ2) is 8.67. The summed E-state index contributed by atoms with van der Waals surface area (Å²) in [5.74, 6) is 0. The molecule has 0 aliphatic carbocycles. The molecule has 7 aromatic rings. The van der Waals surface area contributed by atoms with Gasteiger partial charge in [0.1, 0.15) is 0 Å². The molecule has 0 saturated carbocycles. The van der Waals surface area contributed by atoms with Gasteiger partial charge in [-0.3, -0.25) is 0 Å². The zero-order chi connectivity index (χ0) is 23.9. The molecule has 36 heavy (non-hydrogen) atoms. The molecule has 7 rings (SSSR count). The van der Waals surface area contributed by atoms with Crippen LogP contribution < -0.4 is 5.32 Å². The van der Waals surface area contributed by atoms with Gasteiger partial charge in [-0.15, -0.1) is 11.3 Å². The maximum Gasteiger partial charge on any atom is 0.0645 e. The first-order chi connectivity index (χ1) is 17.8. The van der Waals surface area contributed by atoms with Crippen LogP contribution in [-0.4, -0.2) is 0 Å². The van der Waals surface area contributed by atoms with Crippen molar-refractivity contribution in [2.24, 2.45) is 0 Å². The van der Waals surface area contributed by atoms with Gasteiger partial charge < -0.3 is 5.32 Å². The lowest BCUT2D eigenvalue weighted by molar-refractivity contribution is 1.56. The SMILES string of the molecule is c1ccc(-c2ccccc2-c2ccc(Nc3c4ccccc4cc4c3sc3ccccc34)cc2)cc1. The van der Waals surface area contributed by atoms with E-state index in [1.807, 2.05) is 11.3 Å². The van der Waals surface area contributed by atoms with Crippen LogP contribution in [0.25, 0.3) is 53.2 Å². The molecule has 6 aromatic carbocycles. The van der Waals surface area contributed by atoms with Crippen LogP contribution in [0, 0.1) is 0 Å². The van der Waals surface area contributed by atoms with Gasteiger partial charge in [0, 0.05) is 26.5 Å². The molecule has 0 atom stereocenters. The summed E-state index contributed by atoms with van der Waals surface area (Å²) in [5, 5.41) is 8.91. The second-order valence-electron chi connectivity index (χ2n) is 9.06. The summed E-state index contributed by atoms with van der Waals surface area (Å²) in [6, 6.07) is 47.7. The monoisotopic (exact) mass is 477 g/mol. The Morgan fingerprint density at radius 3 is 1.86 bits per heavy atom. The van der Waals surface area contributed by atoms with Crippen LogP contribution in [0.3, 0.4) is 0 Å². The van der Waals surface area contributed by atoms with Crippen LogP contribution in [-0.2, 0) is 0 Å². The van der Waals surface area contributed by atoms with Crippen molar-refractivity contribution >= 4 is 53.7 Å². The van der Waals surface area contributed by atoms with E-state index >= 15 is 0 Å². The Hall–Kier alpha value is -4.40. The Morgan fingerprint density at radius 2 is 1.08 bits per heavy atom. The van der Waals surface area contributed by atoms with Gasteiger partial charge in [0.05, 0.1) is 10.4 Å². The van der Waals surface area contributed by atoms with Crippen molar-refractivity contribution in [3.63, 3.8) is 0 Å². The molecule has 0 aliphatic rings. The summed E-state index contributed by atoms with van der Waals surface area (Å²) in [7, 11) is 0. The molecule has 0 amide bonds. The lowest BCUT2D eigenvalue weighted by Crippen LogP contribution is -1.92. The van der Waals surface area contributed by atoms with Gasteiger partial charge in [0.15, 0.2) is 0 Å². The first-order valence-electron chi connectivity index (χ1n) is 12.2. The fraction of sp³-hybridized carbons (Fsp3) is 0. The summed E-state index contributed by atoms with van der Waals surface area (Å²) in [5.41, 5.74) is 7.21. The van der Waals surface area contributed by atoms with Crippen LogP contribution in [0.1, 0.15) is 0 Å². The first-order valence-corrected chi connectivity index (χ1v) is 13.0. The number of fused-ring (bicyclic) bond motifs is 4. The molecule has 0 saturated heterocycles. The van der Waals surface area contributed by atoms with E-state index in [0.717, 1.165) is 5.69 Å². The molecule has 1 nitrogen and oxygen atoms in total. The average molecular weight is 478 g/mol. The van der Waals surface area contributed by atoms with Crippen molar-refractivity contribution in [1.29, 1.82) is 0 Å². The van der Waals surface area contributed by atoms with Crippen LogP contribution in [0.4, 0.5) is 11.4 Å². The summed E-state index contributed by atoms with van der Waals surface area (Å²) in [6.45, 7) is 0. The highest BCUT2D eigenvalue weighted by atomic mass is 32.1. The largest absolute Gasteiger partial charge is 0.354 e. The summed E-state index contributed by atoms with van der Waals surface area (Å²) in [4.78, 5) is 0. The maximum atomic E-state index is 3.79. The molecule has 0 unspecified atom stereocenters. The van der Waals surface area contributed by atoms with Gasteiger partial charge in [-0.2, -0.15) is 0 Å². The Balaban J connectivity index is 1.32. The topological polar surface area (TPSA) is 12.0 Å². The van der Waals surface area contributed by atoms with Gasteiger partial charge in [-0.05, 0) is 51.9 Å². The van der Waals surface area contributed by atoms with Crippen LogP contribution in [0.2, 0.25) is 0 Å². The molecule has 0 bridgehead atoms. The molecule has 0 aliphatic heterocycles. The number of thiophene rings is 1. The quantitative estimate of drug-likeness (QED) is 0.266. The minimum absolute atomic E-state index is 1.09. The number of hydrogen-bond acceptors (Lipinski definition) is 2. The van der Waals surface area contributed by atoms with E-state index in [2.05, 4.69) is 139 Å². The van der Waals surface area contributed by atoms with Crippen LogP contribution >= 0.6 is 11.3 Å². The molecule has 1 aromatic heterocycles. The Labute approximate surface area is 214 Å².